The summed E-state index contributed by atoms with van der Waals surface area (Å²) in [6.45, 7) is 8.85. The minimum absolute atomic E-state index is 0.218. The first-order valence-corrected chi connectivity index (χ1v) is 12.1. The summed E-state index contributed by atoms with van der Waals surface area (Å²) in [5.41, 5.74) is 0.846. The number of aliphatic carboxylic acids is 1. The second-order valence-electron chi connectivity index (χ2n) is 7.43. The number of fused-ring (bicyclic) bond motifs is 3. The second kappa shape index (κ2) is 11.3. The monoisotopic (exact) mass is 464 g/mol. The summed E-state index contributed by atoms with van der Waals surface area (Å²) in [5.74, 6) is -0.711. The smallest absolute Gasteiger partial charge is 0.303 e. The zero-order chi connectivity index (χ0) is 23.9. The lowest BCUT2D eigenvalue weighted by atomic mass is 10.1. The first-order chi connectivity index (χ1) is 15.1. The Labute approximate surface area is 188 Å². The highest BCUT2D eigenvalue weighted by Crippen LogP contribution is 2.25. The van der Waals surface area contributed by atoms with Gasteiger partial charge in [0.25, 0.3) is 5.56 Å². The standard InChI is InChI=1S/C18H24N4O3S.C4H8O2/c1-4-22(5-2)11-10-21(3)26(24,25)13-6-7-16-15(12-13)14-8-9-19-17(14)18(23)20-16;1-2-3-4(5)6/h6-9,12,19H,4-5,10-11H2,1-3H3,(H,20,23);2-3H2,1H3,(H,5,6). The van der Waals surface area contributed by atoms with Crippen LogP contribution in [0, 0.1) is 0 Å². The molecule has 0 spiro atoms. The van der Waals surface area contributed by atoms with Gasteiger partial charge in [-0.3, -0.25) is 9.59 Å². The van der Waals surface area contributed by atoms with Crippen LogP contribution in [0.25, 0.3) is 21.8 Å². The minimum atomic E-state index is -3.60. The predicted molar refractivity (Wildman–Crippen MR) is 127 cm³/mol. The fourth-order valence-corrected chi connectivity index (χ4v) is 4.51. The zero-order valence-electron chi connectivity index (χ0n) is 19.0. The third-order valence-electron chi connectivity index (χ3n) is 5.30. The predicted octanol–water partition coefficient (Wildman–Crippen LogP) is 2.84. The molecule has 0 fully saturated rings. The zero-order valence-corrected chi connectivity index (χ0v) is 19.8. The molecule has 0 saturated heterocycles. The molecule has 0 atom stereocenters. The molecule has 2 heterocycles. The summed E-state index contributed by atoms with van der Waals surface area (Å²) in [7, 11) is -2.00. The molecule has 176 valence electrons. The lowest BCUT2D eigenvalue weighted by molar-refractivity contribution is -0.137. The van der Waals surface area contributed by atoms with E-state index in [9.17, 15) is 18.0 Å². The van der Waals surface area contributed by atoms with Crippen molar-refractivity contribution in [3.8, 4) is 0 Å². The van der Waals surface area contributed by atoms with Crippen LogP contribution in [-0.4, -0.2) is 71.9 Å². The summed E-state index contributed by atoms with van der Waals surface area (Å²) in [6.07, 6.45) is 2.70. The van der Waals surface area contributed by atoms with Crippen LogP contribution < -0.4 is 5.56 Å². The number of pyridine rings is 1. The van der Waals surface area contributed by atoms with Crippen LogP contribution in [0.2, 0.25) is 0 Å². The third-order valence-corrected chi connectivity index (χ3v) is 7.15. The van der Waals surface area contributed by atoms with Crippen LogP contribution in [0.3, 0.4) is 0 Å². The number of rotatable bonds is 9. The van der Waals surface area contributed by atoms with E-state index in [0.29, 0.717) is 41.3 Å². The average Bonchev–Trinajstić information content (AvgIpc) is 3.25. The number of aromatic amines is 2. The molecule has 3 rings (SSSR count). The molecule has 3 N–H and O–H groups in total. The number of hydrogen-bond donors (Lipinski definition) is 3. The highest BCUT2D eigenvalue weighted by molar-refractivity contribution is 7.89. The van der Waals surface area contributed by atoms with Crippen LogP contribution in [-0.2, 0) is 14.8 Å². The molecule has 0 bridgehead atoms. The van der Waals surface area contributed by atoms with Gasteiger partial charge in [-0.2, -0.15) is 4.31 Å². The van der Waals surface area contributed by atoms with Gasteiger partial charge in [-0.15, -0.1) is 0 Å². The fourth-order valence-electron chi connectivity index (χ4n) is 3.32. The highest BCUT2D eigenvalue weighted by atomic mass is 32.2. The van der Waals surface area contributed by atoms with Crippen LogP contribution in [0.15, 0.2) is 40.2 Å². The number of hydrogen-bond acceptors (Lipinski definition) is 5. The van der Waals surface area contributed by atoms with E-state index >= 15 is 0 Å². The second-order valence-corrected chi connectivity index (χ2v) is 9.47. The van der Waals surface area contributed by atoms with Crippen molar-refractivity contribution in [3.63, 3.8) is 0 Å². The molecular formula is C22H32N4O5S. The van der Waals surface area contributed by atoms with Crippen molar-refractivity contribution in [2.24, 2.45) is 0 Å². The number of H-pyrrole nitrogens is 2. The Bertz CT molecular complexity index is 1210. The molecule has 0 radical (unpaired) electrons. The molecular weight excluding hydrogens is 432 g/mol. The Morgan fingerprint density at radius 1 is 1.06 bits per heavy atom. The van der Waals surface area contributed by atoms with Crippen molar-refractivity contribution in [1.29, 1.82) is 0 Å². The average molecular weight is 465 g/mol. The van der Waals surface area contributed by atoms with E-state index in [1.165, 1.54) is 4.31 Å². The summed E-state index contributed by atoms with van der Waals surface area (Å²) in [4.78, 5) is 29.7. The lowest BCUT2D eigenvalue weighted by Crippen LogP contribution is -2.36. The number of sulfonamides is 1. The van der Waals surface area contributed by atoms with Gasteiger partial charge in [-0.05, 0) is 43.8 Å². The van der Waals surface area contributed by atoms with Crippen molar-refractivity contribution >= 4 is 37.8 Å². The van der Waals surface area contributed by atoms with Gasteiger partial charge in [0.15, 0.2) is 0 Å². The highest BCUT2D eigenvalue weighted by Gasteiger charge is 2.22. The van der Waals surface area contributed by atoms with E-state index in [0.717, 1.165) is 19.5 Å². The molecule has 0 aliphatic rings. The minimum Gasteiger partial charge on any atom is -0.481 e. The molecule has 0 saturated carbocycles. The molecule has 0 aliphatic carbocycles. The quantitative estimate of drug-likeness (QED) is 0.447. The number of carboxylic acid groups (broad SMARTS) is 1. The number of benzene rings is 1. The van der Waals surface area contributed by atoms with Crippen molar-refractivity contribution in [1.82, 2.24) is 19.2 Å². The van der Waals surface area contributed by atoms with Crippen LogP contribution in [0.4, 0.5) is 0 Å². The van der Waals surface area contributed by atoms with Gasteiger partial charge in [0.05, 0.1) is 4.90 Å². The summed E-state index contributed by atoms with van der Waals surface area (Å²) in [6, 6.07) is 6.60. The molecule has 1 aromatic carbocycles. The molecule has 9 nitrogen and oxygen atoms in total. The number of carboxylic acids is 1. The van der Waals surface area contributed by atoms with Gasteiger partial charge in [0.2, 0.25) is 10.0 Å². The van der Waals surface area contributed by atoms with Crippen molar-refractivity contribution in [2.45, 2.75) is 38.5 Å². The van der Waals surface area contributed by atoms with Gasteiger partial charge >= 0.3 is 5.97 Å². The fraction of sp³-hybridized carbons (Fsp3) is 0.455. The van der Waals surface area contributed by atoms with Crippen molar-refractivity contribution in [3.05, 3.63) is 40.8 Å². The maximum atomic E-state index is 12.9. The Hall–Kier alpha value is -2.69. The number of likely N-dealkylation sites (N-methyl/N-ethyl adjacent to an activating group) is 2. The largest absolute Gasteiger partial charge is 0.481 e. The summed E-state index contributed by atoms with van der Waals surface area (Å²) >= 11 is 0. The first kappa shape index (κ1) is 25.6. The van der Waals surface area contributed by atoms with E-state index in [4.69, 9.17) is 5.11 Å². The molecule has 0 unspecified atom stereocenters. The Morgan fingerprint density at radius 3 is 2.31 bits per heavy atom. The number of aromatic nitrogens is 2. The van der Waals surface area contributed by atoms with E-state index < -0.39 is 16.0 Å². The third kappa shape index (κ3) is 5.96. The van der Waals surface area contributed by atoms with E-state index in [2.05, 4.69) is 28.7 Å². The van der Waals surface area contributed by atoms with Gasteiger partial charge in [0.1, 0.15) is 5.52 Å². The number of nitrogens with zero attached hydrogens (tertiary/aromatic N) is 2. The van der Waals surface area contributed by atoms with Crippen LogP contribution in [0.5, 0.6) is 0 Å². The van der Waals surface area contributed by atoms with Gasteiger partial charge in [0, 0.05) is 49.0 Å². The Balaban J connectivity index is 0.000000534. The molecule has 10 heteroatoms. The van der Waals surface area contributed by atoms with Crippen molar-refractivity contribution < 1.29 is 18.3 Å². The SMILES string of the molecule is CCCC(=O)O.CCN(CC)CCN(C)S(=O)(=O)c1ccc2[nH]c(=O)c3[nH]ccc3c2c1. The van der Waals surface area contributed by atoms with Crippen LogP contribution >= 0.6 is 0 Å². The Kier molecular flexibility index (Phi) is 8.99. The summed E-state index contributed by atoms with van der Waals surface area (Å²) in [5, 5.41) is 9.34. The van der Waals surface area contributed by atoms with E-state index in [-0.39, 0.29) is 10.5 Å². The van der Waals surface area contributed by atoms with E-state index in [1.54, 1.807) is 37.5 Å². The molecule has 32 heavy (non-hydrogen) atoms. The normalized spacial score (nSPS) is 11.8. The number of nitrogens with one attached hydrogen (secondary N) is 2. The van der Waals surface area contributed by atoms with Gasteiger partial charge in [-0.25, -0.2) is 8.42 Å². The van der Waals surface area contributed by atoms with Gasteiger partial charge < -0.3 is 20.0 Å². The summed E-state index contributed by atoms with van der Waals surface area (Å²) < 4.78 is 27.2. The van der Waals surface area contributed by atoms with Gasteiger partial charge in [-0.1, -0.05) is 20.8 Å². The molecule has 2 aromatic heterocycles. The molecule has 0 aliphatic heterocycles. The maximum absolute atomic E-state index is 12.9. The molecule has 0 amide bonds. The topological polar surface area (TPSA) is 127 Å². The number of carbonyl (C=O) groups is 1. The maximum Gasteiger partial charge on any atom is 0.303 e. The lowest BCUT2D eigenvalue weighted by Gasteiger charge is -2.23. The van der Waals surface area contributed by atoms with E-state index in [1.807, 2.05) is 6.92 Å². The van der Waals surface area contributed by atoms with Crippen LogP contribution in [0.1, 0.15) is 33.6 Å². The molecule has 3 aromatic rings. The van der Waals surface area contributed by atoms with Crippen molar-refractivity contribution in [2.75, 3.05) is 33.2 Å². The Morgan fingerprint density at radius 2 is 1.75 bits per heavy atom. The first-order valence-electron chi connectivity index (χ1n) is 10.7.